The molecule has 1 aliphatic carbocycles. The molecule has 0 atom stereocenters. The molecule has 0 fully saturated rings. The number of hydrogen-bond donors (Lipinski definition) is 1. The second kappa shape index (κ2) is 2.86. The average molecular weight is 196 g/mol. The summed E-state index contributed by atoms with van der Waals surface area (Å²) in [5.41, 5.74) is 6.57. The molecule has 0 aliphatic heterocycles. The summed E-state index contributed by atoms with van der Waals surface area (Å²) in [6.45, 7) is 2.14. The predicted octanol–water partition coefficient (Wildman–Crippen LogP) is 3.27. The van der Waals surface area contributed by atoms with Gasteiger partial charge in [0.2, 0.25) is 0 Å². The summed E-state index contributed by atoms with van der Waals surface area (Å²) in [4.78, 5) is 0. The van der Waals surface area contributed by atoms with Gasteiger partial charge in [-0.1, -0.05) is 24.3 Å². The van der Waals surface area contributed by atoms with Crippen LogP contribution in [-0.4, -0.2) is 5.11 Å². The van der Waals surface area contributed by atoms with Crippen LogP contribution in [0.2, 0.25) is 0 Å². The molecule has 3 rings (SSSR count). The average Bonchev–Trinajstić information content (AvgIpc) is 2.57. The highest BCUT2D eigenvalue weighted by Gasteiger charge is 2.19. The zero-order chi connectivity index (χ0) is 10.4. The molecule has 0 aromatic heterocycles. The van der Waals surface area contributed by atoms with Gasteiger partial charge in [0.1, 0.15) is 5.75 Å². The first kappa shape index (κ1) is 8.54. The van der Waals surface area contributed by atoms with Crippen molar-refractivity contribution < 1.29 is 5.11 Å². The topological polar surface area (TPSA) is 20.2 Å². The number of rotatable bonds is 0. The van der Waals surface area contributed by atoms with Gasteiger partial charge in [-0.25, -0.2) is 0 Å². The molecule has 74 valence electrons. The van der Waals surface area contributed by atoms with E-state index in [-0.39, 0.29) is 0 Å². The fourth-order valence-corrected chi connectivity index (χ4v) is 2.37. The van der Waals surface area contributed by atoms with Crippen LogP contribution in [-0.2, 0) is 6.42 Å². The highest BCUT2D eigenvalue weighted by molar-refractivity contribution is 5.78. The Kier molecular flexibility index (Phi) is 1.63. The van der Waals surface area contributed by atoms with Crippen LogP contribution in [0.25, 0.3) is 11.1 Å². The summed E-state index contributed by atoms with van der Waals surface area (Å²) < 4.78 is 0. The Morgan fingerprint density at radius 2 is 1.93 bits per heavy atom. The van der Waals surface area contributed by atoms with E-state index in [4.69, 9.17) is 0 Å². The van der Waals surface area contributed by atoms with Crippen LogP contribution >= 0.6 is 0 Å². The summed E-state index contributed by atoms with van der Waals surface area (Å²) in [6.07, 6.45) is 0.950. The molecule has 2 aromatic carbocycles. The molecule has 1 heteroatoms. The summed E-state index contributed by atoms with van der Waals surface area (Å²) in [5, 5.41) is 9.44. The first-order valence-corrected chi connectivity index (χ1v) is 5.16. The molecule has 0 radical (unpaired) electrons. The van der Waals surface area contributed by atoms with Gasteiger partial charge >= 0.3 is 0 Å². The van der Waals surface area contributed by atoms with Crippen molar-refractivity contribution in [2.75, 3.05) is 0 Å². The second-order valence-electron chi connectivity index (χ2n) is 4.12. The number of aromatic hydroxyl groups is 1. The van der Waals surface area contributed by atoms with E-state index in [2.05, 4.69) is 25.1 Å². The monoisotopic (exact) mass is 196 g/mol. The zero-order valence-electron chi connectivity index (χ0n) is 8.62. The molecule has 15 heavy (non-hydrogen) atoms. The molecule has 0 saturated carbocycles. The van der Waals surface area contributed by atoms with Crippen LogP contribution in [0.3, 0.4) is 0 Å². The number of phenolic OH excluding ortho intramolecular Hbond substituents is 1. The van der Waals surface area contributed by atoms with Crippen molar-refractivity contribution in [3.05, 3.63) is 53.1 Å². The Morgan fingerprint density at radius 3 is 2.80 bits per heavy atom. The second-order valence-corrected chi connectivity index (χ2v) is 4.12. The molecule has 1 N–H and O–H groups in total. The Hall–Kier alpha value is -1.76. The molecule has 0 spiro atoms. The van der Waals surface area contributed by atoms with E-state index in [1.54, 1.807) is 6.07 Å². The molecule has 0 heterocycles. The molecule has 0 amide bonds. The lowest BCUT2D eigenvalue weighted by atomic mass is 10.0. The van der Waals surface area contributed by atoms with E-state index < -0.39 is 0 Å². The Labute approximate surface area is 89.0 Å². The van der Waals surface area contributed by atoms with Gasteiger partial charge in [0.05, 0.1) is 0 Å². The van der Waals surface area contributed by atoms with Crippen molar-refractivity contribution >= 4 is 0 Å². The normalized spacial score (nSPS) is 12.3. The molecule has 1 aliphatic rings. The number of benzene rings is 2. The van der Waals surface area contributed by atoms with E-state index in [1.807, 2.05) is 12.1 Å². The summed E-state index contributed by atoms with van der Waals surface area (Å²) in [7, 11) is 0. The van der Waals surface area contributed by atoms with Gasteiger partial charge in [0.15, 0.2) is 0 Å². The van der Waals surface area contributed by atoms with E-state index in [1.165, 1.54) is 27.8 Å². The molecule has 0 unspecified atom stereocenters. The van der Waals surface area contributed by atoms with Gasteiger partial charge in [-0.15, -0.1) is 0 Å². The number of fused-ring (bicyclic) bond motifs is 3. The zero-order valence-corrected chi connectivity index (χ0v) is 8.62. The molecular formula is C14H12O. The molecule has 0 bridgehead atoms. The lowest BCUT2D eigenvalue weighted by Crippen LogP contribution is -1.84. The van der Waals surface area contributed by atoms with E-state index in [0.717, 1.165) is 6.42 Å². The lowest BCUT2D eigenvalue weighted by Gasteiger charge is -2.02. The van der Waals surface area contributed by atoms with Gasteiger partial charge in [-0.2, -0.15) is 0 Å². The van der Waals surface area contributed by atoms with Crippen molar-refractivity contribution in [1.29, 1.82) is 0 Å². The molecular weight excluding hydrogens is 184 g/mol. The summed E-state index contributed by atoms with van der Waals surface area (Å²) in [6, 6.07) is 12.0. The first-order chi connectivity index (χ1) is 7.25. The maximum absolute atomic E-state index is 9.44. The van der Waals surface area contributed by atoms with Gasteiger partial charge < -0.3 is 5.11 Å². The van der Waals surface area contributed by atoms with Crippen LogP contribution < -0.4 is 0 Å². The van der Waals surface area contributed by atoms with Crippen molar-refractivity contribution in [3.63, 3.8) is 0 Å². The molecule has 1 nitrogen and oxygen atoms in total. The van der Waals surface area contributed by atoms with Crippen molar-refractivity contribution in [3.8, 4) is 16.9 Å². The minimum Gasteiger partial charge on any atom is -0.508 e. The minimum atomic E-state index is 0.360. The number of phenols is 1. The van der Waals surface area contributed by atoms with Crippen molar-refractivity contribution in [1.82, 2.24) is 0 Å². The van der Waals surface area contributed by atoms with Gasteiger partial charge in [0.25, 0.3) is 0 Å². The van der Waals surface area contributed by atoms with Crippen LogP contribution in [0.15, 0.2) is 36.4 Å². The largest absolute Gasteiger partial charge is 0.508 e. The van der Waals surface area contributed by atoms with Gasteiger partial charge in [-0.05, 0) is 53.3 Å². The Morgan fingerprint density at radius 1 is 1.07 bits per heavy atom. The number of hydrogen-bond acceptors (Lipinski definition) is 1. The number of aryl methyl sites for hydroxylation is 1. The fraction of sp³-hybridized carbons (Fsp3) is 0.143. The van der Waals surface area contributed by atoms with Gasteiger partial charge in [0, 0.05) is 0 Å². The first-order valence-electron chi connectivity index (χ1n) is 5.16. The third kappa shape index (κ3) is 1.16. The van der Waals surface area contributed by atoms with Crippen LogP contribution in [0.4, 0.5) is 0 Å². The summed E-state index contributed by atoms with van der Waals surface area (Å²) in [5.74, 6) is 0.360. The highest BCUT2D eigenvalue weighted by Crippen LogP contribution is 2.39. The lowest BCUT2D eigenvalue weighted by molar-refractivity contribution is 0.475. The predicted molar refractivity (Wildman–Crippen MR) is 61.1 cm³/mol. The smallest absolute Gasteiger partial charge is 0.115 e. The maximum atomic E-state index is 9.44. The minimum absolute atomic E-state index is 0.360. The standard InChI is InChI=1S/C14H12O/c1-9-3-2-4-13-12-6-5-11(15)7-10(12)8-14(9)13/h2-7,15H,8H2,1H3. The maximum Gasteiger partial charge on any atom is 0.115 e. The van der Waals surface area contributed by atoms with Gasteiger partial charge in [-0.3, -0.25) is 0 Å². The Bertz CT molecular complexity index is 541. The van der Waals surface area contributed by atoms with Crippen molar-refractivity contribution in [2.24, 2.45) is 0 Å². The third-order valence-electron chi connectivity index (χ3n) is 3.16. The summed E-state index contributed by atoms with van der Waals surface area (Å²) >= 11 is 0. The quantitative estimate of drug-likeness (QED) is 0.585. The Balaban J connectivity index is 2.28. The fourth-order valence-electron chi connectivity index (χ4n) is 2.37. The molecule has 0 saturated heterocycles. The van der Waals surface area contributed by atoms with Crippen molar-refractivity contribution in [2.45, 2.75) is 13.3 Å². The van der Waals surface area contributed by atoms with E-state index in [9.17, 15) is 5.11 Å². The molecule has 2 aromatic rings. The van der Waals surface area contributed by atoms with Crippen LogP contribution in [0.5, 0.6) is 5.75 Å². The third-order valence-corrected chi connectivity index (χ3v) is 3.16. The highest BCUT2D eigenvalue weighted by atomic mass is 16.3. The SMILES string of the molecule is Cc1cccc2c1Cc1cc(O)ccc1-2. The van der Waals surface area contributed by atoms with E-state index >= 15 is 0 Å². The van der Waals surface area contributed by atoms with Crippen LogP contribution in [0.1, 0.15) is 16.7 Å². The van der Waals surface area contributed by atoms with E-state index in [0.29, 0.717) is 5.75 Å². The van der Waals surface area contributed by atoms with Crippen LogP contribution in [0, 0.1) is 6.92 Å².